The van der Waals surface area contributed by atoms with Gasteiger partial charge in [0.05, 0.1) is 0 Å². The van der Waals surface area contributed by atoms with Crippen molar-refractivity contribution in [1.82, 2.24) is 9.80 Å². The first kappa shape index (κ1) is 122. The monoisotopic (exact) mass is 1110 g/mol. The molecule has 0 rings (SSSR count). The molecule has 0 amide bonds. The van der Waals surface area contributed by atoms with Gasteiger partial charge in [-0.25, -0.2) is 0 Å². The Kier molecular flexibility index (Phi) is 155. The molecule has 0 saturated carbocycles. The van der Waals surface area contributed by atoms with E-state index in [4.69, 9.17) is 0 Å². The molecule has 6 heteroatoms. The van der Waals surface area contributed by atoms with E-state index in [0.717, 1.165) is 0 Å². The van der Waals surface area contributed by atoms with Crippen molar-refractivity contribution in [3.8, 4) is 0 Å². The number of nitrogens with zero attached hydrogens (tertiary/aromatic N) is 6. The van der Waals surface area contributed by atoms with Crippen LogP contribution in [0.4, 0.5) is 0 Å². The molecule has 0 aromatic carbocycles. The second-order valence-electron chi connectivity index (χ2n) is 19.8. The van der Waals surface area contributed by atoms with Crippen molar-refractivity contribution in [3.63, 3.8) is 0 Å². The molecule has 0 bridgehead atoms. The highest BCUT2D eigenvalue weighted by molar-refractivity contribution is 5.71. The summed E-state index contributed by atoms with van der Waals surface area (Å²) in [6.07, 6.45) is 28.1. The molecular weight excluding hydrogens is 949 g/mol. The average molecular weight is 1110 g/mol. The van der Waals surface area contributed by atoms with Crippen LogP contribution in [0.2, 0.25) is 0 Å². The van der Waals surface area contributed by atoms with E-state index >= 15 is 0 Å². The number of hydrogen-bond donors (Lipinski definition) is 0. The van der Waals surface area contributed by atoms with Crippen molar-refractivity contribution >= 4 is 24.9 Å². The van der Waals surface area contributed by atoms with E-state index in [9.17, 15) is 0 Å². The summed E-state index contributed by atoms with van der Waals surface area (Å²) in [7, 11) is 4.26. The van der Waals surface area contributed by atoms with Crippen LogP contribution in [0.3, 0.4) is 0 Å². The predicted molar refractivity (Wildman–Crippen MR) is 390 cm³/mol. The summed E-state index contributed by atoms with van der Waals surface area (Å²) >= 11 is 0. The SMILES string of the molecule is C.C.C.C.C.C.C/C(=C(\C)N(C)C(C)C)C(C)C.CC.CC.CC.CC.CC.CC(C)/C=C\C=NC(C)C.CC(C)/C=C\C=NC(C)C.CC(C)/C=C\N(C)C(C)C.CC(C)C=N/C=C\C(C)C.CC(C)C=N/C=C\C(C)C. The molecule has 0 aromatic heterocycles. The highest BCUT2D eigenvalue weighted by atomic mass is 15.1. The van der Waals surface area contributed by atoms with Gasteiger partial charge in [-0.2, -0.15) is 0 Å². The zero-order valence-electron chi connectivity index (χ0n) is 56.7. The number of rotatable bonds is 18. The van der Waals surface area contributed by atoms with Crippen LogP contribution in [-0.4, -0.2) is 72.9 Å². The van der Waals surface area contributed by atoms with Crippen molar-refractivity contribution in [2.75, 3.05) is 14.1 Å². The average Bonchev–Trinajstić information content (AvgIpc) is 3.31. The molecule has 0 saturated heterocycles. The van der Waals surface area contributed by atoms with Crippen molar-refractivity contribution in [2.45, 2.75) is 318 Å². The third-order valence-electron chi connectivity index (χ3n) is 8.08. The van der Waals surface area contributed by atoms with Gasteiger partial charge in [0.1, 0.15) is 0 Å². The summed E-state index contributed by atoms with van der Waals surface area (Å²) < 4.78 is 0. The molecular formula is C72H164N6. The molecule has 0 aliphatic rings. The van der Waals surface area contributed by atoms with E-state index in [1.807, 2.05) is 119 Å². The van der Waals surface area contributed by atoms with Gasteiger partial charge in [0.15, 0.2) is 0 Å². The van der Waals surface area contributed by atoms with Crippen molar-refractivity contribution < 1.29 is 0 Å². The first-order chi connectivity index (χ1) is 33.4. The number of allylic oxidation sites excluding steroid dienone is 9. The fourth-order valence-corrected chi connectivity index (χ4v) is 3.44. The molecule has 0 aliphatic heterocycles. The fourth-order valence-electron chi connectivity index (χ4n) is 3.44. The van der Waals surface area contributed by atoms with Gasteiger partial charge in [-0.3, -0.25) is 20.0 Å². The molecule has 0 aliphatic carbocycles. The van der Waals surface area contributed by atoms with Crippen LogP contribution in [0.1, 0.15) is 294 Å². The fraction of sp³-hybridized carbons (Fsp3) is 0.778. The summed E-state index contributed by atoms with van der Waals surface area (Å²) in [5, 5.41) is 0. The second kappa shape index (κ2) is 99.1. The summed E-state index contributed by atoms with van der Waals surface area (Å²) in [4.78, 5) is 21.1. The molecule has 0 N–H and O–H groups in total. The van der Waals surface area contributed by atoms with E-state index < -0.39 is 0 Å². The van der Waals surface area contributed by atoms with Crippen LogP contribution < -0.4 is 0 Å². The van der Waals surface area contributed by atoms with Crippen LogP contribution in [0.25, 0.3) is 0 Å². The lowest BCUT2D eigenvalue weighted by molar-refractivity contribution is 0.338. The third kappa shape index (κ3) is 151. The quantitative estimate of drug-likeness (QED) is 0.128. The zero-order chi connectivity index (χ0) is 60.0. The minimum absolute atomic E-state index is 0. The molecule has 0 heterocycles. The van der Waals surface area contributed by atoms with Gasteiger partial charge in [-0.1, -0.05) is 261 Å². The van der Waals surface area contributed by atoms with Crippen molar-refractivity contribution in [1.29, 1.82) is 0 Å². The second-order valence-corrected chi connectivity index (χ2v) is 19.8. The van der Waals surface area contributed by atoms with Crippen LogP contribution in [0, 0.1) is 47.3 Å². The van der Waals surface area contributed by atoms with E-state index in [2.05, 4.69) is 260 Å². The first-order valence-corrected chi connectivity index (χ1v) is 29.0. The topological polar surface area (TPSA) is 55.9 Å². The lowest BCUT2D eigenvalue weighted by atomic mass is 10.0. The standard InChI is InChI=1S/C11H23N.C9H19N.4C9H17N.5C2H6.6CH4/c1-8(2)10(5)11(6)12(7)9(3)4;1-8(2)6-7-10(5)9(3)4;2*1-8(2)5-6-10-7-9(3)4;2*1-8(2)6-5-7-10-9(3)4;5*1-2;;;;;;/h8-9H,1-7H3;6-9H,1-5H3;4*5-9H,1-4H3;5*1-2H3;6*1H4/b11-10-;7-6-;4*6-5-,10-7?;;;;;;;;;;;. The Labute approximate surface area is 504 Å². The molecule has 482 valence electrons. The Hall–Kier alpha value is -3.28. The van der Waals surface area contributed by atoms with E-state index in [1.165, 1.54) is 11.3 Å². The van der Waals surface area contributed by atoms with Gasteiger partial charge in [0.2, 0.25) is 0 Å². The van der Waals surface area contributed by atoms with Gasteiger partial charge in [-0.15, -0.1) is 0 Å². The van der Waals surface area contributed by atoms with Gasteiger partial charge >= 0.3 is 0 Å². The summed E-state index contributed by atoms with van der Waals surface area (Å²) in [6, 6.07) is 2.03. The predicted octanol–water partition coefficient (Wildman–Crippen LogP) is 25.8. The summed E-state index contributed by atoms with van der Waals surface area (Å²) in [5.41, 5.74) is 2.91. The van der Waals surface area contributed by atoms with Crippen LogP contribution in [0.5, 0.6) is 0 Å². The van der Waals surface area contributed by atoms with Crippen molar-refractivity contribution in [2.24, 2.45) is 67.3 Å². The van der Waals surface area contributed by atoms with E-state index in [1.54, 1.807) is 0 Å². The smallest absolute Gasteiger partial charge is 0.0443 e. The lowest BCUT2D eigenvalue weighted by Gasteiger charge is -2.27. The van der Waals surface area contributed by atoms with Crippen LogP contribution in [0.15, 0.2) is 92.4 Å². The maximum atomic E-state index is 4.18. The Morgan fingerprint density at radius 1 is 0.346 bits per heavy atom. The largest absolute Gasteiger partial charge is 0.378 e. The summed E-state index contributed by atoms with van der Waals surface area (Å²) in [6.45, 7) is 76.0. The van der Waals surface area contributed by atoms with E-state index in [-0.39, 0.29) is 44.6 Å². The molecule has 0 radical (unpaired) electrons. The first-order valence-electron chi connectivity index (χ1n) is 29.0. The van der Waals surface area contributed by atoms with Crippen LogP contribution >= 0.6 is 0 Å². The number of hydrogen-bond acceptors (Lipinski definition) is 6. The Morgan fingerprint density at radius 3 is 0.782 bits per heavy atom. The molecule has 0 aromatic rings. The Balaban J connectivity index is -0.0000000364. The van der Waals surface area contributed by atoms with E-state index in [0.29, 0.717) is 71.5 Å². The molecule has 0 unspecified atom stereocenters. The third-order valence-corrected chi connectivity index (χ3v) is 8.08. The zero-order valence-corrected chi connectivity index (χ0v) is 56.7. The minimum atomic E-state index is 0. The Bertz CT molecular complexity index is 1070. The minimum Gasteiger partial charge on any atom is -0.378 e. The van der Waals surface area contributed by atoms with Gasteiger partial charge < -0.3 is 9.80 Å². The van der Waals surface area contributed by atoms with Crippen molar-refractivity contribution in [3.05, 3.63) is 72.4 Å². The summed E-state index contributed by atoms with van der Waals surface area (Å²) in [5.74, 6) is 4.87. The van der Waals surface area contributed by atoms with Gasteiger partial charge in [0, 0.05) is 81.2 Å². The molecule has 0 spiro atoms. The lowest BCUT2D eigenvalue weighted by Crippen LogP contribution is -2.25. The molecule has 6 nitrogen and oxygen atoms in total. The highest BCUT2D eigenvalue weighted by Crippen LogP contribution is 2.17. The van der Waals surface area contributed by atoms with Crippen LogP contribution in [-0.2, 0) is 0 Å². The molecule has 0 fully saturated rings. The Morgan fingerprint density at radius 2 is 0.603 bits per heavy atom. The molecule has 0 atom stereocenters. The maximum absolute atomic E-state index is 4.18. The number of aliphatic imine (C=N–C) groups is 4. The van der Waals surface area contributed by atoms with Gasteiger partial charge in [-0.05, 0) is 135 Å². The highest BCUT2D eigenvalue weighted by Gasteiger charge is 2.08. The normalized spacial score (nSPS) is 10.7. The maximum Gasteiger partial charge on any atom is 0.0443 e. The molecule has 78 heavy (non-hydrogen) atoms. The van der Waals surface area contributed by atoms with Gasteiger partial charge in [0.25, 0.3) is 0 Å².